The van der Waals surface area contributed by atoms with Gasteiger partial charge in [0.2, 0.25) is 0 Å². The lowest BCUT2D eigenvalue weighted by atomic mass is 10.4. The number of rotatable bonds is 11. The van der Waals surface area contributed by atoms with Crippen LogP contribution in [0.1, 0.15) is 26.7 Å². The molecule has 0 N–H and O–H groups in total. The van der Waals surface area contributed by atoms with Crippen LogP contribution >= 0.6 is 0 Å². The minimum Gasteiger partial charge on any atom is -0.439 e. The van der Waals surface area contributed by atoms with Crippen LogP contribution in [0.4, 0.5) is 0 Å². The van der Waals surface area contributed by atoms with Crippen molar-refractivity contribution in [3.63, 3.8) is 0 Å². The van der Waals surface area contributed by atoms with Gasteiger partial charge in [0, 0.05) is 19.3 Å². The minimum absolute atomic E-state index is 0.776. The van der Waals surface area contributed by atoms with Crippen molar-refractivity contribution in [1.82, 2.24) is 0 Å². The zero-order valence-electron chi connectivity index (χ0n) is 14.0. The third-order valence-electron chi connectivity index (χ3n) is 3.01. The largest absolute Gasteiger partial charge is 0.439 e. The molecule has 116 valence electrons. The zero-order valence-corrected chi connectivity index (χ0v) is 17.2. The van der Waals surface area contributed by atoms with E-state index in [9.17, 15) is 0 Å². The van der Waals surface area contributed by atoms with Crippen molar-refractivity contribution in [3.8, 4) is 0 Å². The smallest absolute Gasteiger partial charge is 0.316 e. The Labute approximate surface area is 124 Å². The second-order valence-corrected chi connectivity index (χ2v) is 16.9. The normalized spacial score (nSPS) is 15.8. The molecule has 3 nitrogen and oxygen atoms in total. The van der Waals surface area contributed by atoms with Gasteiger partial charge in [0.05, 0.1) is 0 Å². The fourth-order valence-corrected chi connectivity index (χ4v) is 14.6. The molecule has 0 aromatic heterocycles. The quantitative estimate of drug-likeness (QED) is 0.423. The van der Waals surface area contributed by atoms with Gasteiger partial charge in [-0.15, -0.1) is 0 Å². The van der Waals surface area contributed by atoms with Crippen LogP contribution < -0.4 is 0 Å². The summed E-state index contributed by atoms with van der Waals surface area (Å²) in [6, 6.07) is 2.21. The highest BCUT2D eigenvalue weighted by molar-refractivity contribution is 6.85. The van der Waals surface area contributed by atoms with Crippen molar-refractivity contribution >= 4 is 25.9 Å². The maximum atomic E-state index is 6.60. The van der Waals surface area contributed by atoms with E-state index in [0.717, 1.165) is 19.3 Å². The summed E-state index contributed by atoms with van der Waals surface area (Å²) in [7, 11) is -4.68. The Kier molecular flexibility index (Phi) is 9.73. The summed E-state index contributed by atoms with van der Waals surface area (Å²) in [6.45, 7) is 17.2. The van der Waals surface area contributed by atoms with Crippen molar-refractivity contribution in [2.45, 2.75) is 71.5 Å². The first-order valence-corrected chi connectivity index (χ1v) is 16.1. The van der Waals surface area contributed by atoms with Crippen LogP contribution in [0, 0.1) is 0 Å². The lowest BCUT2D eigenvalue weighted by molar-refractivity contribution is 0.155. The van der Waals surface area contributed by atoms with E-state index < -0.39 is 25.9 Å². The van der Waals surface area contributed by atoms with Crippen molar-refractivity contribution in [1.29, 1.82) is 0 Å². The molecule has 0 fully saturated rings. The van der Waals surface area contributed by atoms with Crippen molar-refractivity contribution in [2.24, 2.45) is 0 Å². The molecule has 0 aromatic carbocycles. The van der Waals surface area contributed by atoms with Crippen LogP contribution in [-0.2, 0) is 13.0 Å². The lowest BCUT2D eigenvalue weighted by Gasteiger charge is -2.37. The van der Waals surface area contributed by atoms with Gasteiger partial charge in [0.1, 0.15) is 0 Å². The van der Waals surface area contributed by atoms with Gasteiger partial charge in [-0.05, 0) is 45.7 Å². The first-order chi connectivity index (χ1) is 8.74. The summed E-state index contributed by atoms with van der Waals surface area (Å²) >= 11 is 0. The van der Waals surface area contributed by atoms with Crippen molar-refractivity contribution < 1.29 is 13.0 Å². The van der Waals surface area contributed by atoms with E-state index >= 15 is 0 Å². The number of unbranched alkanes of at least 4 members (excludes halogenated alkanes) is 1. The van der Waals surface area contributed by atoms with E-state index in [1.54, 1.807) is 0 Å². The van der Waals surface area contributed by atoms with E-state index in [1.165, 1.54) is 18.9 Å². The van der Waals surface area contributed by atoms with Crippen LogP contribution in [0.5, 0.6) is 0 Å². The molecule has 0 aromatic rings. The SMILES string of the molecule is CCCC[Si](C)(C)O[Si](C)(CCOCC)O[SiH](C)C. The fourth-order valence-electron chi connectivity index (χ4n) is 2.27. The first-order valence-electron chi connectivity index (χ1n) is 7.70. The molecule has 0 aliphatic carbocycles. The van der Waals surface area contributed by atoms with Gasteiger partial charge < -0.3 is 13.0 Å². The maximum absolute atomic E-state index is 6.60. The Morgan fingerprint density at radius 2 is 1.63 bits per heavy atom. The average molecular weight is 323 g/mol. The van der Waals surface area contributed by atoms with Crippen LogP contribution in [0.25, 0.3) is 0 Å². The van der Waals surface area contributed by atoms with Gasteiger partial charge in [-0.3, -0.25) is 0 Å². The van der Waals surface area contributed by atoms with Gasteiger partial charge in [-0.2, -0.15) is 0 Å². The number of hydrogen-bond donors (Lipinski definition) is 0. The van der Waals surface area contributed by atoms with Gasteiger partial charge in [-0.25, -0.2) is 0 Å². The van der Waals surface area contributed by atoms with Crippen molar-refractivity contribution in [2.75, 3.05) is 13.2 Å². The average Bonchev–Trinajstić information content (AvgIpc) is 2.24. The molecule has 1 unspecified atom stereocenters. The molecule has 0 spiro atoms. The summed E-state index contributed by atoms with van der Waals surface area (Å²) in [5.41, 5.74) is 0. The molecule has 0 amide bonds. The van der Waals surface area contributed by atoms with E-state index in [4.69, 9.17) is 13.0 Å². The van der Waals surface area contributed by atoms with E-state index in [2.05, 4.69) is 39.7 Å². The zero-order chi connectivity index (χ0) is 14.9. The van der Waals surface area contributed by atoms with Gasteiger partial charge in [-0.1, -0.05) is 19.8 Å². The van der Waals surface area contributed by atoms with Crippen molar-refractivity contribution in [3.05, 3.63) is 0 Å². The van der Waals surface area contributed by atoms with Crippen LogP contribution in [0.3, 0.4) is 0 Å². The Hall–Kier alpha value is 0.531. The Morgan fingerprint density at radius 3 is 2.11 bits per heavy atom. The summed E-state index contributed by atoms with van der Waals surface area (Å²) < 4.78 is 18.4. The van der Waals surface area contributed by atoms with E-state index in [1.807, 2.05) is 6.92 Å². The standard InChI is InChI=1S/C13H34O3Si3/c1-8-10-12-18(5,6)16-19(7,15-17(3)4)13-11-14-9-2/h17H,8-13H2,1-7H3. The molecule has 0 radical (unpaired) electrons. The highest BCUT2D eigenvalue weighted by Gasteiger charge is 2.38. The molecule has 0 aliphatic rings. The molecule has 0 heterocycles. The highest BCUT2D eigenvalue weighted by Crippen LogP contribution is 2.25. The highest BCUT2D eigenvalue weighted by atomic mass is 28.5. The van der Waals surface area contributed by atoms with Crippen LogP contribution in [0.2, 0.25) is 44.8 Å². The topological polar surface area (TPSA) is 27.7 Å². The van der Waals surface area contributed by atoms with Gasteiger partial charge in [0.25, 0.3) is 0 Å². The molecular weight excluding hydrogens is 288 g/mol. The lowest BCUT2D eigenvalue weighted by Crippen LogP contribution is -2.51. The molecule has 0 rings (SSSR count). The van der Waals surface area contributed by atoms with E-state index in [-0.39, 0.29) is 0 Å². The van der Waals surface area contributed by atoms with Gasteiger partial charge >= 0.3 is 8.56 Å². The van der Waals surface area contributed by atoms with Crippen LogP contribution in [-0.4, -0.2) is 39.1 Å². The molecular formula is C13H34O3Si3. The Balaban J connectivity index is 4.54. The summed E-state index contributed by atoms with van der Waals surface area (Å²) in [5, 5.41) is 0. The predicted molar refractivity (Wildman–Crippen MR) is 91.2 cm³/mol. The second kappa shape index (κ2) is 9.46. The third-order valence-corrected chi connectivity index (χ3v) is 13.5. The van der Waals surface area contributed by atoms with E-state index in [0.29, 0.717) is 0 Å². The molecule has 19 heavy (non-hydrogen) atoms. The molecule has 6 heteroatoms. The first kappa shape index (κ1) is 19.5. The maximum Gasteiger partial charge on any atom is 0.316 e. The molecule has 0 saturated carbocycles. The second-order valence-electron chi connectivity index (χ2n) is 6.21. The Bertz CT molecular complexity index is 237. The summed E-state index contributed by atoms with van der Waals surface area (Å²) in [4.78, 5) is 0. The summed E-state index contributed by atoms with van der Waals surface area (Å²) in [6.07, 6.45) is 2.52. The molecule has 0 bridgehead atoms. The number of hydrogen-bond acceptors (Lipinski definition) is 3. The molecule has 1 atom stereocenters. The number of ether oxygens (including phenoxy) is 1. The summed E-state index contributed by atoms with van der Waals surface area (Å²) in [5.74, 6) is 0. The minimum atomic E-state index is -2.04. The van der Waals surface area contributed by atoms with Crippen LogP contribution in [0.15, 0.2) is 0 Å². The monoisotopic (exact) mass is 322 g/mol. The molecule has 0 aliphatic heterocycles. The molecule has 0 saturated heterocycles. The fraction of sp³-hybridized carbons (Fsp3) is 1.00. The predicted octanol–water partition coefficient (Wildman–Crippen LogP) is 4.12. The van der Waals surface area contributed by atoms with Gasteiger partial charge in [0.15, 0.2) is 17.4 Å². The Morgan fingerprint density at radius 1 is 1.00 bits per heavy atom. The third kappa shape index (κ3) is 9.98.